The maximum absolute atomic E-state index is 5.36. The summed E-state index contributed by atoms with van der Waals surface area (Å²) in [6.07, 6.45) is 0. The van der Waals surface area contributed by atoms with E-state index in [9.17, 15) is 0 Å². The molecule has 0 bridgehead atoms. The van der Waals surface area contributed by atoms with Gasteiger partial charge < -0.3 is 10.1 Å². The highest BCUT2D eigenvalue weighted by Gasteiger charge is 2.09. The van der Waals surface area contributed by atoms with Crippen molar-refractivity contribution in [1.29, 1.82) is 0 Å². The van der Waals surface area contributed by atoms with Crippen molar-refractivity contribution < 1.29 is 4.74 Å². The van der Waals surface area contributed by atoms with Crippen LogP contribution in [0.1, 0.15) is 0 Å². The number of halogens is 1. The van der Waals surface area contributed by atoms with Crippen LogP contribution in [0.2, 0.25) is 0 Å². The van der Waals surface area contributed by atoms with Crippen molar-refractivity contribution in [2.24, 2.45) is 0 Å². The smallest absolute Gasteiger partial charge is 0.0594 e. The van der Waals surface area contributed by atoms with Crippen LogP contribution >= 0.6 is 15.9 Å². The summed E-state index contributed by atoms with van der Waals surface area (Å²) in [6.45, 7) is 5.88. The topological polar surface area (TPSA) is 24.5 Å². The number of anilines is 1. The fourth-order valence-corrected chi connectivity index (χ4v) is 2.89. The van der Waals surface area contributed by atoms with Crippen molar-refractivity contribution in [2.75, 3.05) is 44.7 Å². The van der Waals surface area contributed by atoms with Crippen molar-refractivity contribution in [3.8, 4) is 0 Å². The molecule has 1 fully saturated rings. The summed E-state index contributed by atoms with van der Waals surface area (Å²) < 4.78 is 6.48. The predicted molar refractivity (Wildman–Crippen MR) is 87.4 cm³/mol. The lowest BCUT2D eigenvalue weighted by Crippen LogP contribution is -2.38. The van der Waals surface area contributed by atoms with Gasteiger partial charge in [-0.1, -0.05) is 28.1 Å². The molecule has 3 nitrogen and oxygen atoms in total. The Labute approximate surface area is 128 Å². The van der Waals surface area contributed by atoms with Gasteiger partial charge in [-0.15, -0.1) is 0 Å². The zero-order chi connectivity index (χ0) is 13.8. The first-order valence-electron chi connectivity index (χ1n) is 7.04. The average molecular weight is 335 g/mol. The quantitative estimate of drug-likeness (QED) is 0.927. The van der Waals surface area contributed by atoms with Gasteiger partial charge in [-0.3, -0.25) is 4.90 Å². The molecule has 0 unspecified atom stereocenters. The Kier molecular flexibility index (Phi) is 4.55. The second-order valence-corrected chi connectivity index (χ2v) is 6.00. The van der Waals surface area contributed by atoms with Crippen molar-refractivity contribution >= 4 is 32.4 Å². The lowest BCUT2D eigenvalue weighted by Gasteiger charge is -2.26. The number of benzene rings is 2. The third-order valence-corrected chi connectivity index (χ3v) is 4.16. The molecule has 0 aromatic heterocycles. The zero-order valence-electron chi connectivity index (χ0n) is 11.4. The first-order chi connectivity index (χ1) is 9.81. The molecule has 1 heterocycles. The molecule has 0 aliphatic carbocycles. The number of rotatable bonds is 4. The van der Waals surface area contributed by atoms with E-state index in [1.165, 1.54) is 16.5 Å². The second-order valence-electron chi connectivity index (χ2n) is 5.09. The van der Waals surface area contributed by atoms with Gasteiger partial charge in [-0.25, -0.2) is 0 Å². The van der Waals surface area contributed by atoms with E-state index in [2.05, 4.69) is 62.5 Å². The van der Waals surface area contributed by atoms with E-state index in [0.717, 1.165) is 43.9 Å². The van der Waals surface area contributed by atoms with Gasteiger partial charge in [0.1, 0.15) is 0 Å². The van der Waals surface area contributed by atoms with Gasteiger partial charge in [0.2, 0.25) is 0 Å². The number of nitrogens with one attached hydrogen (secondary N) is 1. The molecular formula is C16H19BrN2O. The summed E-state index contributed by atoms with van der Waals surface area (Å²) in [5, 5.41) is 6.03. The van der Waals surface area contributed by atoms with Gasteiger partial charge in [0.15, 0.2) is 0 Å². The highest BCUT2D eigenvalue weighted by Crippen LogP contribution is 2.22. The number of ether oxygens (including phenoxy) is 1. The van der Waals surface area contributed by atoms with Gasteiger partial charge in [-0.05, 0) is 35.0 Å². The molecule has 0 amide bonds. The molecule has 0 saturated carbocycles. The SMILES string of the molecule is Brc1ccc2cc(NCCN3CCOCC3)ccc2c1. The monoisotopic (exact) mass is 334 g/mol. The molecule has 4 heteroatoms. The Hall–Kier alpha value is -1.10. The molecule has 20 heavy (non-hydrogen) atoms. The Morgan fingerprint density at radius 2 is 1.80 bits per heavy atom. The third kappa shape index (κ3) is 3.51. The van der Waals surface area contributed by atoms with E-state index in [4.69, 9.17) is 4.74 Å². The number of morpholine rings is 1. The molecule has 2 aromatic rings. The van der Waals surface area contributed by atoms with Crippen LogP contribution in [0, 0.1) is 0 Å². The molecule has 3 rings (SSSR count). The van der Waals surface area contributed by atoms with E-state index >= 15 is 0 Å². The maximum Gasteiger partial charge on any atom is 0.0594 e. The van der Waals surface area contributed by atoms with Crippen molar-refractivity contribution in [3.05, 3.63) is 40.9 Å². The molecule has 0 radical (unpaired) electrons. The van der Waals surface area contributed by atoms with E-state index in [1.54, 1.807) is 0 Å². The second kappa shape index (κ2) is 6.57. The van der Waals surface area contributed by atoms with Crippen LogP contribution in [-0.2, 0) is 4.74 Å². The first kappa shape index (κ1) is 13.9. The number of nitrogens with zero attached hydrogens (tertiary/aromatic N) is 1. The largest absolute Gasteiger partial charge is 0.384 e. The van der Waals surface area contributed by atoms with Crippen LogP contribution in [0.15, 0.2) is 40.9 Å². The lowest BCUT2D eigenvalue weighted by molar-refractivity contribution is 0.0398. The van der Waals surface area contributed by atoms with Crippen molar-refractivity contribution in [3.63, 3.8) is 0 Å². The molecule has 1 aliphatic rings. The van der Waals surface area contributed by atoms with Crippen molar-refractivity contribution in [1.82, 2.24) is 4.90 Å². The molecule has 0 spiro atoms. The van der Waals surface area contributed by atoms with Gasteiger partial charge in [0.05, 0.1) is 13.2 Å². The standard InChI is InChI=1S/C16H19BrN2O/c17-15-3-1-14-12-16(4-2-13(14)11-15)18-5-6-19-7-9-20-10-8-19/h1-4,11-12,18H,5-10H2. The maximum atomic E-state index is 5.36. The van der Waals surface area contributed by atoms with E-state index in [0.29, 0.717) is 0 Å². The fraction of sp³-hybridized carbons (Fsp3) is 0.375. The summed E-state index contributed by atoms with van der Waals surface area (Å²) in [5.74, 6) is 0. The van der Waals surface area contributed by atoms with Crippen LogP contribution in [0.3, 0.4) is 0 Å². The number of hydrogen-bond donors (Lipinski definition) is 1. The zero-order valence-corrected chi connectivity index (χ0v) is 13.0. The van der Waals surface area contributed by atoms with E-state index < -0.39 is 0 Å². The summed E-state index contributed by atoms with van der Waals surface area (Å²) in [7, 11) is 0. The van der Waals surface area contributed by atoms with Crippen LogP contribution in [0.5, 0.6) is 0 Å². The molecule has 1 saturated heterocycles. The molecule has 0 atom stereocenters. The van der Waals surface area contributed by atoms with Gasteiger partial charge >= 0.3 is 0 Å². The molecular weight excluding hydrogens is 316 g/mol. The lowest BCUT2D eigenvalue weighted by atomic mass is 10.1. The minimum atomic E-state index is 0.866. The van der Waals surface area contributed by atoms with Gasteiger partial charge in [0.25, 0.3) is 0 Å². The molecule has 2 aromatic carbocycles. The Morgan fingerprint density at radius 1 is 1.05 bits per heavy atom. The number of hydrogen-bond acceptors (Lipinski definition) is 3. The normalized spacial score (nSPS) is 16.4. The van der Waals surface area contributed by atoms with Crippen LogP contribution in [0.25, 0.3) is 10.8 Å². The highest BCUT2D eigenvalue weighted by atomic mass is 79.9. The Balaban J connectivity index is 1.58. The molecule has 1 aliphatic heterocycles. The first-order valence-corrected chi connectivity index (χ1v) is 7.84. The highest BCUT2D eigenvalue weighted by molar-refractivity contribution is 9.10. The average Bonchev–Trinajstić information content (AvgIpc) is 2.48. The fourth-order valence-electron chi connectivity index (χ4n) is 2.51. The third-order valence-electron chi connectivity index (χ3n) is 3.66. The summed E-state index contributed by atoms with van der Waals surface area (Å²) in [4.78, 5) is 2.44. The minimum absolute atomic E-state index is 0.866. The van der Waals surface area contributed by atoms with Crippen molar-refractivity contribution in [2.45, 2.75) is 0 Å². The van der Waals surface area contributed by atoms with Gasteiger partial charge in [-0.2, -0.15) is 0 Å². The predicted octanol–water partition coefficient (Wildman–Crippen LogP) is 3.35. The summed E-state index contributed by atoms with van der Waals surface area (Å²) in [6, 6.07) is 12.9. The molecule has 1 N–H and O–H groups in total. The van der Waals surface area contributed by atoms with Gasteiger partial charge in [0, 0.05) is 36.3 Å². The van der Waals surface area contributed by atoms with E-state index in [1.807, 2.05) is 0 Å². The summed E-state index contributed by atoms with van der Waals surface area (Å²) in [5.41, 5.74) is 1.19. The Bertz CT molecular complexity index is 582. The van der Waals surface area contributed by atoms with Crippen LogP contribution in [-0.4, -0.2) is 44.3 Å². The summed E-state index contributed by atoms with van der Waals surface area (Å²) >= 11 is 3.51. The number of fused-ring (bicyclic) bond motifs is 1. The van der Waals surface area contributed by atoms with Crippen LogP contribution in [0.4, 0.5) is 5.69 Å². The minimum Gasteiger partial charge on any atom is -0.384 e. The molecule has 106 valence electrons. The van der Waals surface area contributed by atoms with E-state index in [-0.39, 0.29) is 0 Å². The Morgan fingerprint density at radius 3 is 2.65 bits per heavy atom. The van der Waals surface area contributed by atoms with Crippen LogP contribution < -0.4 is 5.32 Å².